The molecule has 4 nitrogen and oxygen atoms in total. The van der Waals surface area contributed by atoms with Gasteiger partial charge in [-0.1, -0.05) is 0 Å². The van der Waals surface area contributed by atoms with Gasteiger partial charge in [0.25, 0.3) is 0 Å². The van der Waals surface area contributed by atoms with Crippen LogP contribution in [0.1, 0.15) is 34.6 Å². The fourth-order valence-electron chi connectivity index (χ4n) is 1.18. The first-order chi connectivity index (χ1) is 7.22. The van der Waals surface area contributed by atoms with Gasteiger partial charge in [-0.05, 0) is 41.7 Å². The van der Waals surface area contributed by atoms with Crippen LogP contribution in [0.3, 0.4) is 0 Å². The van der Waals surface area contributed by atoms with Crippen LogP contribution in [-0.2, 0) is 4.79 Å². The third kappa shape index (κ3) is 8.68. The molecule has 0 heterocycles. The van der Waals surface area contributed by atoms with Gasteiger partial charge in [-0.25, -0.2) is 0 Å². The van der Waals surface area contributed by atoms with E-state index in [1.807, 2.05) is 20.8 Å². The lowest BCUT2D eigenvalue weighted by molar-refractivity contribution is -0.121. The molecular formula is C12H27N3O. The van der Waals surface area contributed by atoms with E-state index < -0.39 is 0 Å². The highest BCUT2D eigenvalue weighted by Gasteiger charge is 2.12. The van der Waals surface area contributed by atoms with E-state index in [1.165, 1.54) is 0 Å². The molecule has 1 amide bonds. The molecule has 0 bridgehead atoms. The predicted molar refractivity (Wildman–Crippen MR) is 68.5 cm³/mol. The Hall–Kier alpha value is -0.610. The zero-order chi connectivity index (χ0) is 12.8. The van der Waals surface area contributed by atoms with E-state index in [4.69, 9.17) is 0 Å². The maximum atomic E-state index is 11.5. The first-order valence-electron chi connectivity index (χ1n) is 5.94. The Labute approximate surface area is 99.8 Å². The Bertz CT molecular complexity index is 209. The molecule has 0 spiro atoms. The highest BCUT2D eigenvalue weighted by Crippen LogP contribution is 1.97. The number of hydrogen-bond acceptors (Lipinski definition) is 3. The van der Waals surface area contributed by atoms with E-state index >= 15 is 0 Å². The molecule has 0 saturated carbocycles. The minimum Gasteiger partial charge on any atom is -0.350 e. The Kier molecular flexibility index (Phi) is 6.60. The van der Waals surface area contributed by atoms with Gasteiger partial charge in [-0.3, -0.25) is 4.79 Å². The Morgan fingerprint density at radius 3 is 2.31 bits per heavy atom. The average Bonchev–Trinajstić information content (AvgIpc) is 2.08. The highest BCUT2D eigenvalue weighted by atomic mass is 16.2. The molecule has 0 aliphatic carbocycles. The monoisotopic (exact) mass is 229 g/mol. The molecule has 16 heavy (non-hydrogen) atoms. The quantitative estimate of drug-likeness (QED) is 0.663. The molecule has 0 unspecified atom stereocenters. The topological polar surface area (TPSA) is 44.4 Å². The molecule has 4 heteroatoms. The lowest BCUT2D eigenvalue weighted by atomic mass is 10.1. The Morgan fingerprint density at radius 2 is 1.88 bits per heavy atom. The zero-order valence-corrected chi connectivity index (χ0v) is 11.6. The molecular weight excluding hydrogens is 202 g/mol. The third-order valence-electron chi connectivity index (χ3n) is 2.32. The lowest BCUT2D eigenvalue weighted by Gasteiger charge is -2.22. The van der Waals surface area contributed by atoms with Crippen LogP contribution in [0.25, 0.3) is 0 Å². The van der Waals surface area contributed by atoms with Crippen LogP contribution in [-0.4, -0.2) is 49.1 Å². The molecule has 0 radical (unpaired) electrons. The van der Waals surface area contributed by atoms with Crippen LogP contribution >= 0.6 is 0 Å². The van der Waals surface area contributed by atoms with Crippen molar-refractivity contribution >= 4 is 5.91 Å². The Balaban J connectivity index is 3.56. The van der Waals surface area contributed by atoms with E-state index in [0.717, 1.165) is 13.1 Å². The number of rotatable bonds is 6. The fourth-order valence-corrected chi connectivity index (χ4v) is 1.18. The molecule has 0 aromatic heterocycles. The van der Waals surface area contributed by atoms with Gasteiger partial charge in [0.2, 0.25) is 5.91 Å². The van der Waals surface area contributed by atoms with E-state index in [9.17, 15) is 4.79 Å². The van der Waals surface area contributed by atoms with Crippen LogP contribution in [0.4, 0.5) is 0 Å². The van der Waals surface area contributed by atoms with Crippen molar-refractivity contribution in [1.82, 2.24) is 15.5 Å². The Morgan fingerprint density at radius 1 is 1.31 bits per heavy atom. The SMILES string of the molecule is CC(C)N(C)CCNCC(=O)NC(C)(C)C. The number of nitrogens with one attached hydrogen (secondary N) is 2. The van der Waals surface area contributed by atoms with Crippen LogP contribution in [0.5, 0.6) is 0 Å². The standard InChI is InChI=1S/C12H27N3O/c1-10(2)15(6)8-7-13-9-11(16)14-12(3,4)5/h10,13H,7-9H2,1-6H3,(H,14,16). The molecule has 0 aromatic rings. The van der Waals surface area contributed by atoms with Gasteiger partial charge in [0, 0.05) is 24.7 Å². The number of hydrogen-bond donors (Lipinski definition) is 2. The second-order valence-electron chi connectivity index (χ2n) is 5.55. The van der Waals surface area contributed by atoms with Gasteiger partial charge in [0.15, 0.2) is 0 Å². The number of carbonyl (C=O) groups is 1. The maximum Gasteiger partial charge on any atom is 0.234 e. The van der Waals surface area contributed by atoms with Gasteiger partial charge in [-0.2, -0.15) is 0 Å². The van der Waals surface area contributed by atoms with Crippen LogP contribution < -0.4 is 10.6 Å². The second-order valence-corrected chi connectivity index (χ2v) is 5.55. The summed E-state index contributed by atoms with van der Waals surface area (Å²) in [5, 5.41) is 6.05. The minimum atomic E-state index is -0.145. The molecule has 0 fully saturated rings. The molecule has 0 aliphatic rings. The summed E-state index contributed by atoms with van der Waals surface area (Å²) in [6, 6.07) is 0.546. The molecule has 0 rings (SSSR count). The van der Waals surface area contributed by atoms with Gasteiger partial charge in [0.05, 0.1) is 6.54 Å². The van der Waals surface area contributed by atoms with Crippen LogP contribution in [0, 0.1) is 0 Å². The van der Waals surface area contributed by atoms with Crippen molar-refractivity contribution < 1.29 is 4.79 Å². The largest absolute Gasteiger partial charge is 0.350 e. The van der Waals surface area contributed by atoms with Crippen molar-refractivity contribution in [2.75, 3.05) is 26.7 Å². The molecule has 0 atom stereocenters. The van der Waals surface area contributed by atoms with Crippen molar-refractivity contribution in [1.29, 1.82) is 0 Å². The fraction of sp³-hybridized carbons (Fsp3) is 0.917. The van der Waals surface area contributed by atoms with E-state index in [2.05, 4.69) is 36.4 Å². The normalized spacial score (nSPS) is 12.2. The van der Waals surface area contributed by atoms with Crippen molar-refractivity contribution in [2.45, 2.75) is 46.2 Å². The van der Waals surface area contributed by atoms with Crippen LogP contribution in [0.2, 0.25) is 0 Å². The number of likely N-dealkylation sites (N-methyl/N-ethyl adjacent to an activating group) is 1. The maximum absolute atomic E-state index is 11.5. The summed E-state index contributed by atoms with van der Waals surface area (Å²) in [6.45, 7) is 12.5. The smallest absolute Gasteiger partial charge is 0.234 e. The second kappa shape index (κ2) is 6.86. The average molecular weight is 229 g/mol. The summed E-state index contributed by atoms with van der Waals surface area (Å²) >= 11 is 0. The van der Waals surface area contributed by atoms with Gasteiger partial charge in [0.1, 0.15) is 0 Å². The summed E-state index contributed by atoms with van der Waals surface area (Å²) in [4.78, 5) is 13.7. The van der Waals surface area contributed by atoms with Crippen molar-refractivity contribution in [3.8, 4) is 0 Å². The third-order valence-corrected chi connectivity index (χ3v) is 2.32. The zero-order valence-electron chi connectivity index (χ0n) is 11.6. The molecule has 0 aromatic carbocycles. The number of nitrogens with zero attached hydrogens (tertiary/aromatic N) is 1. The minimum absolute atomic E-state index is 0.0553. The van der Waals surface area contributed by atoms with E-state index in [-0.39, 0.29) is 11.4 Å². The molecule has 0 saturated heterocycles. The summed E-state index contributed by atoms with van der Waals surface area (Å²) in [5.41, 5.74) is -0.145. The van der Waals surface area contributed by atoms with Crippen LogP contribution in [0.15, 0.2) is 0 Å². The first-order valence-corrected chi connectivity index (χ1v) is 5.94. The van der Waals surface area contributed by atoms with Crippen molar-refractivity contribution in [2.24, 2.45) is 0 Å². The van der Waals surface area contributed by atoms with Gasteiger partial charge in [-0.15, -0.1) is 0 Å². The predicted octanol–water partition coefficient (Wildman–Crippen LogP) is 0.831. The van der Waals surface area contributed by atoms with Crippen molar-refractivity contribution in [3.63, 3.8) is 0 Å². The number of amides is 1. The van der Waals surface area contributed by atoms with Gasteiger partial charge < -0.3 is 15.5 Å². The van der Waals surface area contributed by atoms with Crippen molar-refractivity contribution in [3.05, 3.63) is 0 Å². The molecule has 2 N–H and O–H groups in total. The summed E-state index contributed by atoms with van der Waals surface area (Å²) in [7, 11) is 2.08. The van der Waals surface area contributed by atoms with Gasteiger partial charge >= 0.3 is 0 Å². The summed E-state index contributed by atoms with van der Waals surface area (Å²) < 4.78 is 0. The number of carbonyl (C=O) groups excluding carboxylic acids is 1. The summed E-state index contributed by atoms with van der Waals surface area (Å²) in [6.07, 6.45) is 0. The van der Waals surface area contributed by atoms with E-state index in [0.29, 0.717) is 12.6 Å². The summed E-state index contributed by atoms with van der Waals surface area (Å²) in [5.74, 6) is 0.0553. The lowest BCUT2D eigenvalue weighted by Crippen LogP contribution is -2.45. The molecule has 96 valence electrons. The van der Waals surface area contributed by atoms with E-state index in [1.54, 1.807) is 0 Å². The first kappa shape index (κ1) is 15.4. The molecule has 0 aliphatic heterocycles. The highest BCUT2D eigenvalue weighted by molar-refractivity contribution is 5.78.